The summed E-state index contributed by atoms with van der Waals surface area (Å²) in [5, 5.41) is 3.78. The molecule has 2 nitrogen and oxygen atoms in total. The van der Waals surface area contributed by atoms with Crippen molar-refractivity contribution in [2.75, 3.05) is 5.75 Å². The van der Waals surface area contributed by atoms with Crippen LogP contribution in [0.5, 0.6) is 0 Å². The Kier molecular flexibility index (Phi) is 1.05. The second-order valence-corrected chi connectivity index (χ2v) is 5.35. The predicted molar refractivity (Wildman–Crippen MR) is 55.7 cm³/mol. The summed E-state index contributed by atoms with van der Waals surface area (Å²) >= 11 is 1.96. The smallest absolute Gasteiger partial charge is 0.182 e. The second-order valence-electron chi connectivity index (χ2n) is 4.12. The van der Waals surface area contributed by atoms with Gasteiger partial charge in [0.05, 0.1) is 0 Å². The van der Waals surface area contributed by atoms with E-state index in [4.69, 9.17) is 0 Å². The van der Waals surface area contributed by atoms with Crippen LogP contribution in [0.1, 0.15) is 6.42 Å². The zero-order valence-corrected chi connectivity index (χ0v) is 8.36. The van der Waals surface area contributed by atoms with Crippen molar-refractivity contribution in [3.05, 3.63) is 35.2 Å². The number of ketones is 1. The molecule has 2 aliphatic heterocycles. The van der Waals surface area contributed by atoms with E-state index in [2.05, 4.69) is 17.5 Å². The van der Waals surface area contributed by atoms with Gasteiger partial charge in [-0.1, -0.05) is 12.2 Å². The van der Waals surface area contributed by atoms with Crippen LogP contribution in [0.3, 0.4) is 0 Å². The van der Waals surface area contributed by atoms with Gasteiger partial charge in [-0.25, -0.2) is 0 Å². The Morgan fingerprint density at radius 2 is 2.43 bits per heavy atom. The lowest BCUT2D eigenvalue weighted by Gasteiger charge is -2.25. The fourth-order valence-corrected chi connectivity index (χ4v) is 4.11. The minimum absolute atomic E-state index is 0.271. The van der Waals surface area contributed by atoms with Gasteiger partial charge in [0.1, 0.15) is 5.41 Å². The Labute approximate surface area is 86.1 Å². The van der Waals surface area contributed by atoms with E-state index in [0.29, 0.717) is 11.0 Å². The lowest BCUT2D eigenvalue weighted by molar-refractivity contribution is -0.111. The number of hydrogen-bond donors (Lipinski definition) is 1. The SMILES string of the molecule is O=C1C2=CNC3=CCC4SCC=C4C132. The topological polar surface area (TPSA) is 29.1 Å². The van der Waals surface area contributed by atoms with Crippen molar-refractivity contribution in [3.63, 3.8) is 0 Å². The Morgan fingerprint density at radius 3 is 3.29 bits per heavy atom. The summed E-state index contributed by atoms with van der Waals surface area (Å²) in [5.74, 6) is 1.41. The van der Waals surface area contributed by atoms with E-state index in [-0.39, 0.29) is 5.41 Å². The molecule has 0 aromatic rings. The van der Waals surface area contributed by atoms with Crippen LogP contribution in [-0.4, -0.2) is 16.8 Å². The molecule has 2 aliphatic carbocycles. The molecule has 70 valence electrons. The van der Waals surface area contributed by atoms with Gasteiger partial charge in [0.2, 0.25) is 0 Å². The van der Waals surface area contributed by atoms with Gasteiger partial charge < -0.3 is 5.32 Å². The number of fused-ring (bicyclic) bond motifs is 1. The summed E-state index contributed by atoms with van der Waals surface area (Å²) in [6.07, 6.45) is 7.43. The van der Waals surface area contributed by atoms with Crippen LogP contribution in [0.25, 0.3) is 0 Å². The van der Waals surface area contributed by atoms with Crippen LogP contribution in [-0.2, 0) is 4.79 Å². The summed E-state index contributed by atoms with van der Waals surface area (Å²) in [6.45, 7) is 0. The first-order valence-electron chi connectivity index (χ1n) is 4.90. The molecule has 3 heteroatoms. The van der Waals surface area contributed by atoms with Gasteiger partial charge in [-0.2, -0.15) is 0 Å². The Morgan fingerprint density at radius 1 is 1.50 bits per heavy atom. The van der Waals surface area contributed by atoms with Crippen molar-refractivity contribution in [2.45, 2.75) is 11.7 Å². The number of rotatable bonds is 0. The van der Waals surface area contributed by atoms with Crippen LogP contribution in [0.4, 0.5) is 0 Å². The highest BCUT2D eigenvalue weighted by Gasteiger charge is 2.69. The summed E-state index contributed by atoms with van der Waals surface area (Å²) in [7, 11) is 0. The Balaban J connectivity index is 1.99. The molecule has 0 aromatic carbocycles. The first-order valence-corrected chi connectivity index (χ1v) is 5.95. The maximum Gasteiger partial charge on any atom is 0.182 e. The fourth-order valence-electron chi connectivity index (χ4n) is 2.92. The molecule has 0 bridgehead atoms. The number of carbonyl (C=O) groups excluding carboxylic acids is 1. The van der Waals surface area contributed by atoms with Crippen molar-refractivity contribution < 1.29 is 4.79 Å². The molecule has 4 rings (SSSR count). The van der Waals surface area contributed by atoms with Crippen LogP contribution >= 0.6 is 11.8 Å². The van der Waals surface area contributed by atoms with Crippen molar-refractivity contribution >= 4 is 17.5 Å². The molecule has 2 unspecified atom stereocenters. The quantitative estimate of drug-likeness (QED) is 0.603. The molecule has 1 saturated carbocycles. The molecule has 4 aliphatic rings. The van der Waals surface area contributed by atoms with E-state index in [9.17, 15) is 4.79 Å². The Hall–Kier alpha value is -0.960. The summed E-state index contributed by atoms with van der Waals surface area (Å²) in [6, 6.07) is 0. The third-order valence-corrected chi connectivity index (χ3v) is 4.83. The minimum Gasteiger partial charge on any atom is -0.363 e. The summed E-state index contributed by atoms with van der Waals surface area (Å²) in [5.41, 5.74) is 3.21. The van der Waals surface area contributed by atoms with Crippen molar-refractivity contribution in [1.29, 1.82) is 0 Å². The van der Waals surface area contributed by atoms with E-state index in [1.54, 1.807) is 0 Å². The predicted octanol–water partition coefficient (Wildman–Crippen LogP) is 1.37. The van der Waals surface area contributed by atoms with Gasteiger partial charge in [0.15, 0.2) is 5.78 Å². The van der Waals surface area contributed by atoms with Crippen LogP contribution in [0.2, 0.25) is 0 Å². The first-order chi connectivity index (χ1) is 6.85. The normalized spacial score (nSPS) is 41.6. The fraction of sp³-hybridized carbons (Fsp3) is 0.364. The molecular weight excluding hydrogens is 194 g/mol. The molecule has 1 spiro atoms. The van der Waals surface area contributed by atoms with E-state index in [1.165, 1.54) is 5.57 Å². The Bertz CT molecular complexity index is 460. The molecule has 2 heterocycles. The van der Waals surface area contributed by atoms with Gasteiger partial charge in [0.25, 0.3) is 0 Å². The van der Waals surface area contributed by atoms with Crippen LogP contribution in [0, 0.1) is 5.41 Å². The largest absolute Gasteiger partial charge is 0.363 e. The highest BCUT2D eigenvalue weighted by Crippen LogP contribution is 2.65. The molecule has 0 amide bonds. The molecule has 2 atom stereocenters. The number of carbonyl (C=O) groups is 1. The lowest BCUT2D eigenvalue weighted by Crippen LogP contribution is -2.26. The molecule has 1 fully saturated rings. The molecule has 1 N–H and O–H groups in total. The average Bonchev–Trinajstić information content (AvgIpc) is 2.67. The molecule has 0 saturated heterocycles. The maximum absolute atomic E-state index is 11.8. The molecular formula is C11H9NOS. The van der Waals surface area contributed by atoms with Gasteiger partial charge in [-0.05, 0) is 12.0 Å². The minimum atomic E-state index is -0.271. The van der Waals surface area contributed by atoms with E-state index in [1.807, 2.05) is 18.0 Å². The van der Waals surface area contributed by atoms with Gasteiger partial charge in [-0.15, -0.1) is 11.8 Å². The van der Waals surface area contributed by atoms with Gasteiger partial charge in [0, 0.05) is 28.5 Å². The van der Waals surface area contributed by atoms with Crippen molar-refractivity contribution in [1.82, 2.24) is 5.32 Å². The first kappa shape index (κ1) is 7.35. The molecule has 14 heavy (non-hydrogen) atoms. The number of Topliss-reactive ketones (excluding diaryl/α,β-unsaturated/α-hetero) is 1. The average molecular weight is 203 g/mol. The zero-order valence-electron chi connectivity index (χ0n) is 7.54. The number of thioether (sulfide) groups is 1. The van der Waals surface area contributed by atoms with Crippen molar-refractivity contribution in [3.8, 4) is 0 Å². The van der Waals surface area contributed by atoms with Crippen LogP contribution < -0.4 is 5.32 Å². The third-order valence-electron chi connectivity index (χ3n) is 3.62. The van der Waals surface area contributed by atoms with E-state index >= 15 is 0 Å². The second kappa shape index (κ2) is 2.01. The standard InChI is InChI=1S/C11H9NOS/c13-10-7-5-12-9-2-1-8-6(3-4-14-8)11(7,9)10/h2-3,5,8,12H,1,4H2. The van der Waals surface area contributed by atoms with Gasteiger partial charge >= 0.3 is 0 Å². The van der Waals surface area contributed by atoms with E-state index < -0.39 is 0 Å². The summed E-state index contributed by atoms with van der Waals surface area (Å²) < 4.78 is 0. The van der Waals surface area contributed by atoms with Crippen molar-refractivity contribution in [2.24, 2.45) is 5.41 Å². The number of hydrogen-bond acceptors (Lipinski definition) is 3. The summed E-state index contributed by atoms with van der Waals surface area (Å²) in [4.78, 5) is 11.8. The number of allylic oxidation sites excluding steroid dienone is 2. The lowest BCUT2D eigenvalue weighted by atomic mass is 9.83. The number of nitrogens with one attached hydrogen (secondary N) is 1. The highest BCUT2D eigenvalue weighted by atomic mass is 32.2. The van der Waals surface area contributed by atoms with E-state index in [0.717, 1.165) is 23.4 Å². The molecule has 0 radical (unpaired) electrons. The zero-order chi connectivity index (χ0) is 9.34. The molecule has 0 aromatic heterocycles. The highest BCUT2D eigenvalue weighted by molar-refractivity contribution is 8.00. The van der Waals surface area contributed by atoms with Gasteiger partial charge in [-0.3, -0.25) is 4.79 Å². The maximum atomic E-state index is 11.8. The third kappa shape index (κ3) is 0.549. The monoisotopic (exact) mass is 203 g/mol. The van der Waals surface area contributed by atoms with Crippen LogP contribution in [0.15, 0.2) is 35.2 Å².